The molecule has 2 N–H and O–H groups in total. The van der Waals surface area contributed by atoms with Crippen molar-refractivity contribution in [2.75, 3.05) is 7.11 Å². The molecule has 0 unspecified atom stereocenters. The Morgan fingerprint density at radius 2 is 2.25 bits per heavy atom. The van der Waals surface area contributed by atoms with E-state index in [9.17, 15) is 0 Å². The van der Waals surface area contributed by atoms with E-state index < -0.39 is 0 Å². The summed E-state index contributed by atoms with van der Waals surface area (Å²) >= 11 is 0. The molecule has 12 heavy (non-hydrogen) atoms. The van der Waals surface area contributed by atoms with Gasteiger partial charge in [0, 0.05) is 0 Å². The zero-order valence-corrected chi connectivity index (χ0v) is 7.24. The van der Waals surface area contributed by atoms with Gasteiger partial charge in [0.05, 0.1) is 13.2 Å². The third-order valence-corrected chi connectivity index (χ3v) is 1.79. The predicted molar refractivity (Wildman–Crippen MR) is 46.3 cm³/mol. The molecule has 0 heterocycles. The number of ether oxygens (including phenoxy) is 1. The van der Waals surface area contributed by atoms with E-state index in [1.807, 2.05) is 31.2 Å². The molecule has 1 aromatic rings. The summed E-state index contributed by atoms with van der Waals surface area (Å²) in [5, 5.41) is 8.66. The van der Waals surface area contributed by atoms with Crippen molar-refractivity contribution < 1.29 is 9.94 Å². The standard InChI is InChI=1S/C9H13NO2/c1-7(10-11)8-4-3-5-9(6-8)12-2/h3-7,10-11H,1-2H3/t7-/m1/s1. The lowest BCUT2D eigenvalue weighted by molar-refractivity contribution is 0.133. The molecule has 1 atom stereocenters. The van der Waals surface area contributed by atoms with Gasteiger partial charge in [-0.15, -0.1) is 0 Å². The summed E-state index contributed by atoms with van der Waals surface area (Å²) in [5.41, 5.74) is 3.17. The molecule has 1 rings (SSSR count). The zero-order valence-electron chi connectivity index (χ0n) is 7.24. The van der Waals surface area contributed by atoms with Gasteiger partial charge < -0.3 is 9.94 Å². The van der Waals surface area contributed by atoms with Gasteiger partial charge in [0.2, 0.25) is 0 Å². The molecule has 0 bridgehead atoms. The van der Waals surface area contributed by atoms with E-state index in [1.165, 1.54) is 0 Å². The SMILES string of the molecule is COc1cccc([C@@H](C)NO)c1. The van der Waals surface area contributed by atoms with Crippen LogP contribution in [-0.2, 0) is 0 Å². The second kappa shape index (κ2) is 4.09. The maximum Gasteiger partial charge on any atom is 0.119 e. The normalized spacial score (nSPS) is 12.6. The minimum absolute atomic E-state index is 0.0694. The van der Waals surface area contributed by atoms with Gasteiger partial charge in [-0.3, -0.25) is 0 Å². The Labute approximate surface area is 71.9 Å². The highest BCUT2D eigenvalue weighted by atomic mass is 16.5. The summed E-state index contributed by atoms with van der Waals surface area (Å²) in [6.45, 7) is 1.87. The first-order chi connectivity index (χ1) is 5.77. The fourth-order valence-corrected chi connectivity index (χ4v) is 0.985. The van der Waals surface area contributed by atoms with Crippen molar-refractivity contribution in [2.45, 2.75) is 13.0 Å². The second-order valence-corrected chi connectivity index (χ2v) is 2.63. The van der Waals surface area contributed by atoms with Crippen LogP contribution in [0.1, 0.15) is 18.5 Å². The zero-order chi connectivity index (χ0) is 8.97. The van der Waals surface area contributed by atoms with Crippen LogP contribution in [0.3, 0.4) is 0 Å². The van der Waals surface area contributed by atoms with Crippen LogP contribution in [0.5, 0.6) is 5.75 Å². The molecular weight excluding hydrogens is 154 g/mol. The highest BCUT2D eigenvalue weighted by Gasteiger charge is 2.03. The van der Waals surface area contributed by atoms with Crippen molar-refractivity contribution in [3.05, 3.63) is 29.8 Å². The molecule has 0 fully saturated rings. The minimum atomic E-state index is -0.0694. The van der Waals surface area contributed by atoms with Gasteiger partial charge in [-0.05, 0) is 24.6 Å². The summed E-state index contributed by atoms with van der Waals surface area (Å²) < 4.78 is 5.04. The Kier molecular flexibility index (Phi) is 3.08. The molecule has 0 aliphatic carbocycles. The molecule has 3 nitrogen and oxygen atoms in total. The summed E-state index contributed by atoms with van der Waals surface area (Å²) in [5.74, 6) is 0.801. The van der Waals surface area contributed by atoms with E-state index in [4.69, 9.17) is 9.94 Å². The number of hydrogen-bond acceptors (Lipinski definition) is 3. The number of methoxy groups -OCH3 is 1. The van der Waals surface area contributed by atoms with E-state index >= 15 is 0 Å². The molecule has 3 heteroatoms. The van der Waals surface area contributed by atoms with Gasteiger partial charge in [0.1, 0.15) is 5.75 Å². The summed E-state index contributed by atoms with van der Waals surface area (Å²) in [6, 6.07) is 7.50. The molecule has 0 aliphatic rings. The molecule has 0 aromatic heterocycles. The lowest BCUT2D eigenvalue weighted by Crippen LogP contribution is -2.12. The number of benzene rings is 1. The Bertz CT molecular complexity index is 250. The van der Waals surface area contributed by atoms with Gasteiger partial charge >= 0.3 is 0 Å². The van der Waals surface area contributed by atoms with Gasteiger partial charge in [0.25, 0.3) is 0 Å². The van der Waals surface area contributed by atoms with Crippen molar-refractivity contribution >= 4 is 0 Å². The fraction of sp³-hybridized carbons (Fsp3) is 0.333. The van der Waals surface area contributed by atoms with Crippen molar-refractivity contribution in [2.24, 2.45) is 0 Å². The van der Waals surface area contributed by atoms with Crippen molar-refractivity contribution in [3.63, 3.8) is 0 Å². The van der Waals surface area contributed by atoms with Crippen LogP contribution in [0.2, 0.25) is 0 Å². The predicted octanol–water partition coefficient (Wildman–Crippen LogP) is 1.73. The molecule has 0 saturated heterocycles. The van der Waals surface area contributed by atoms with Gasteiger partial charge in [-0.2, -0.15) is 5.48 Å². The lowest BCUT2D eigenvalue weighted by atomic mass is 10.1. The van der Waals surface area contributed by atoms with Crippen LogP contribution in [0, 0.1) is 0 Å². The topological polar surface area (TPSA) is 41.5 Å². The van der Waals surface area contributed by atoms with Gasteiger partial charge in [-0.1, -0.05) is 12.1 Å². The molecule has 0 amide bonds. The van der Waals surface area contributed by atoms with Crippen LogP contribution in [0.4, 0.5) is 0 Å². The molecule has 66 valence electrons. The van der Waals surface area contributed by atoms with Crippen LogP contribution in [0.25, 0.3) is 0 Å². The van der Waals surface area contributed by atoms with E-state index in [2.05, 4.69) is 5.48 Å². The average Bonchev–Trinajstić information content (AvgIpc) is 2.17. The maximum atomic E-state index is 8.66. The van der Waals surface area contributed by atoms with Crippen LogP contribution < -0.4 is 10.2 Å². The van der Waals surface area contributed by atoms with Crippen molar-refractivity contribution in [3.8, 4) is 5.75 Å². The highest BCUT2D eigenvalue weighted by molar-refractivity contribution is 5.29. The largest absolute Gasteiger partial charge is 0.497 e. The van der Waals surface area contributed by atoms with E-state index in [1.54, 1.807) is 7.11 Å². The second-order valence-electron chi connectivity index (χ2n) is 2.63. The summed E-state index contributed by atoms with van der Waals surface area (Å²) in [4.78, 5) is 0. The van der Waals surface area contributed by atoms with Crippen molar-refractivity contribution in [1.29, 1.82) is 0 Å². The Hall–Kier alpha value is -1.06. The van der Waals surface area contributed by atoms with Crippen LogP contribution in [0.15, 0.2) is 24.3 Å². The summed E-state index contributed by atoms with van der Waals surface area (Å²) in [7, 11) is 1.62. The molecule has 0 spiro atoms. The van der Waals surface area contributed by atoms with Gasteiger partial charge in [-0.25, -0.2) is 0 Å². The number of nitrogens with one attached hydrogen (secondary N) is 1. The van der Waals surface area contributed by atoms with Crippen molar-refractivity contribution in [1.82, 2.24) is 5.48 Å². The quantitative estimate of drug-likeness (QED) is 0.674. The van der Waals surface area contributed by atoms with Crippen LogP contribution >= 0.6 is 0 Å². The van der Waals surface area contributed by atoms with Crippen LogP contribution in [-0.4, -0.2) is 12.3 Å². The summed E-state index contributed by atoms with van der Waals surface area (Å²) in [6.07, 6.45) is 0. The van der Waals surface area contributed by atoms with E-state index in [0.29, 0.717) is 0 Å². The fourth-order valence-electron chi connectivity index (χ4n) is 0.985. The van der Waals surface area contributed by atoms with E-state index in [0.717, 1.165) is 11.3 Å². The Morgan fingerprint density at radius 3 is 2.83 bits per heavy atom. The molecule has 1 aromatic carbocycles. The first-order valence-electron chi connectivity index (χ1n) is 3.81. The maximum absolute atomic E-state index is 8.66. The number of hydrogen-bond donors (Lipinski definition) is 2. The molecule has 0 saturated carbocycles. The van der Waals surface area contributed by atoms with Gasteiger partial charge in [0.15, 0.2) is 0 Å². The van der Waals surface area contributed by atoms with E-state index in [-0.39, 0.29) is 6.04 Å². The third kappa shape index (κ3) is 1.96. The molecular formula is C9H13NO2. The monoisotopic (exact) mass is 167 g/mol. The Balaban J connectivity index is 2.86. The smallest absolute Gasteiger partial charge is 0.119 e. The number of rotatable bonds is 3. The third-order valence-electron chi connectivity index (χ3n) is 1.79. The average molecular weight is 167 g/mol. The first-order valence-corrected chi connectivity index (χ1v) is 3.81. The Morgan fingerprint density at radius 1 is 1.50 bits per heavy atom. The molecule has 0 aliphatic heterocycles. The first kappa shape index (κ1) is 9.03. The highest BCUT2D eigenvalue weighted by Crippen LogP contribution is 2.17. The number of hydroxylamine groups is 1. The molecule has 0 radical (unpaired) electrons. The minimum Gasteiger partial charge on any atom is -0.497 e. The lowest BCUT2D eigenvalue weighted by Gasteiger charge is -2.09.